The van der Waals surface area contributed by atoms with Crippen molar-refractivity contribution < 1.29 is 9.59 Å². The molecule has 0 spiro atoms. The molecule has 0 heterocycles. The van der Waals surface area contributed by atoms with Crippen molar-refractivity contribution >= 4 is 28.9 Å². The van der Waals surface area contributed by atoms with Crippen molar-refractivity contribution in [1.82, 2.24) is 0 Å². The fraction of sp³-hybridized carbons (Fsp3) is 0.300. The van der Waals surface area contributed by atoms with E-state index in [2.05, 4.69) is 47.6 Å². The van der Waals surface area contributed by atoms with Crippen LogP contribution in [0.5, 0.6) is 0 Å². The number of anilines is 3. The maximum absolute atomic E-state index is 12.2. The molecule has 2 rings (SSSR count). The number of benzene rings is 2. The molecule has 0 atom stereocenters. The van der Waals surface area contributed by atoms with Gasteiger partial charge in [0.05, 0.1) is 0 Å². The highest BCUT2D eigenvalue weighted by atomic mass is 16.2. The minimum absolute atomic E-state index is 0.0293. The molecule has 0 aliphatic heterocycles. The zero-order chi connectivity index (χ0) is 18.2. The standard InChI is InChI=1S/C20H25N3O2/c1-4-23(19-7-5-6-15(2)14-19)13-12-20(25)22-18-10-8-17(9-11-18)21-16(3)24/h5-11,14H,4,12-13H2,1-3H3,(H,21,24)(H,22,25). The Balaban J connectivity index is 1.88. The van der Waals surface area contributed by atoms with Gasteiger partial charge in [-0.25, -0.2) is 0 Å². The summed E-state index contributed by atoms with van der Waals surface area (Å²) < 4.78 is 0. The van der Waals surface area contributed by atoms with E-state index in [1.54, 1.807) is 24.3 Å². The van der Waals surface area contributed by atoms with Gasteiger partial charge in [0.25, 0.3) is 0 Å². The van der Waals surface area contributed by atoms with Gasteiger partial charge in [0.1, 0.15) is 0 Å². The summed E-state index contributed by atoms with van der Waals surface area (Å²) in [4.78, 5) is 25.4. The van der Waals surface area contributed by atoms with Crippen LogP contribution in [0.1, 0.15) is 25.8 Å². The molecule has 132 valence electrons. The Hall–Kier alpha value is -2.82. The smallest absolute Gasteiger partial charge is 0.226 e. The Morgan fingerprint density at radius 3 is 2.20 bits per heavy atom. The molecular weight excluding hydrogens is 314 g/mol. The second-order valence-corrected chi connectivity index (χ2v) is 5.98. The predicted octanol–water partition coefficient (Wildman–Crippen LogP) is 3.81. The molecule has 0 aliphatic carbocycles. The van der Waals surface area contributed by atoms with Crippen LogP contribution in [0.2, 0.25) is 0 Å². The monoisotopic (exact) mass is 339 g/mol. The molecule has 0 unspecified atom stereocenters. The van der Waals surface area contributed by atoms with E-state index in [4.69, 9.17) is 0 Å². The molecule has 2 aromatic rings. The van der Waals surface area contributed by atoms with Gasteiger partial charge < -0.3 is 15.5 Å². The Labute approximate surface area is 149 Å². The Morgan fingerprint density at radius 2 is 1.64 bits per heavy atom. The van der Waals surface area contributed by atoms with Gasteiger partial charge in [0.2, 0.25) is 11.8 Å². The van der Waals surface area contributed by atoms with Crippen LogP contribution in [0.15, 0.2) is 48.5 Å². The number of carbonyl (C=O) groups excluding carboxylic acids is 2. The number of rotatable bonds is 7. The molecular formula is C20H25N3O2. The molecule has 2 N–H and O–H groups in total. The SMILES string of the molecule is CCN(CCC(=O)Nc1ccc(NC(C)=O)cc1)c1cccc(C)c1. The number of amides is 2. The van der Waals surface area contributed by atoms with Crippen molar-refractivity contribution in [3.05, 3.63) is 54.1 Å². The lowest BCUT2D eigenvalue weighted by Gasteiger charge is -2.23. The number of aryl methyl sites for hydroxylation is 1. The van der Waals surface area contributed by atoms with Crippen LogP contribution in [-0.2, 0) is 9.59 Å². The largest absolute Gasteiger partial charge is 0.371 e. The number of carbonyl (C=O) groups is 2. The molecule has 25 heavy (non-hydrogen) atoms. The number of nitrogens with zero attached hydrogens (tertiary/aromatic N) is 1. The Bertz CT molecular complexity index is 726. The van der Waals surface area contributed by atoms with Crippen LogP contribution in [-0.4, -0.2) is 24.9 Å². The fourth-order valence-electron chi connectivity index (χ4n) is 2.59. The van der Waals surface area contributed by atoms with Crippen LogP contribution in [0.3, 0.4) is 0 Å². The molecule has 0 bridgehead atoms. The second-order valence-electron chi connectivity index (χ2n) is 5.98. The Kier molecular flexibility index (Phi) is 6.57. The van der Waals surface area contributed by atoms with Gasteiger partial charge in [-0.05, 0) is 55.8 Å². The summed E-state index contributed by atoms with van der Waals surface area (Å²) in [5.41, 5.74) is 3.77. The highest BCUT2D eigenvalue weighted by Gasteiger charge is 2.08. The maximum Gasteiger partial charge on any atom is 0.226 e. The molecule has 5 heteroatoms. The lowest BCUT2D eigenvalue weighted by molar-refractivity contribution is -0.116. The summed E-state index contributed by atoms with van der Waals surface area (Å²) in [5, 5.41) is 5.58. The van der Waals surface area contributed by atoms with E-state index in [1.165, 1.54) is 12.5 Å². The quantitative estimate of drug-likeness (QED) is 0.806. The third-order valence-electron chi connectivity index (χ3n) is 3.85. The topological polar surface area (TPSA) is 61.4 Å². The number of hydrogen-bond donors (Lipinski definition) is 2. The van der Waals surface area contributed by atoms with E-state index in [0.717, 1.165) is 17.9 Å². The predicted molar refractivity (Wildman–Crippen MR) is 103 cm³/mol. The van der Waals surface area contributed by atoms with Gasteiger partial charge in [-0.3, -0.25) is 9.59 Å². The molecule has 5 nitrogen and oxygen atoms in total. The normalized spacial score (nSPS) is 10.2. The zero-order valence-corrected chi connectivity index (χ0v) is 15.0. The molecule has 0 fully saturated rings. The van der Waals surface area contributed by atoms with Crippen molar-refractivity contribution in [2.45, 2.75) is 27.2 Å². The molecule has 2 amide bonds. The van der Waals surface area contributed by atoms with Crippen LogP contribution in [0.25, 0.3) is 0 Å². The van der Waals surface area contributed by atoms with Gasteiger partial charge in [0.15, 0.2) is 0 Å². The fourth-order valence-corrected chi connectivity index (χ4v) is 2.59. The second kappa shape index (κ2) is 8.87. The van der Waals surface area contributed by atoms with E-state index in [-0.39, 0.29) is 11.8 Å². The molecule has 0 saturated carbocycles. The van der Waals surface area contributed by atoms with Crippen LogP contribution in [0.4, 0.5) is 17.1 Å². The first kappa shape index (κ1) is 18.5. The zero-order valence-electron chi connectivity index (χ0n) is 15.0. The highest BCUT2D eigenvalue weighted by molar-refractivity contribution is 5.92. The average molecular weight is 339 g/mol. The van der Waals surface area contributed by atoms with E-state index in [0.29, 0.717) is 18.7 Å². The summed E-state index contributed by atoms with van der Waals surface area (Å²) in [6.07, 6.45) is 0.412. The molecule has 0 saturated heterocycles. The third kappa shape index (κ3) is 5.95. The van der Waals surface area contributed by atoms with Crippen LogP contribution in [0, 0.1) is 6.92 Å². The van der Waals surface area contributed by atoms with Gasteiger partial charge in [-0.2, -0.15) is 0 Å². The highest BCUT2D eigenvalue weighted by Crippen LogP contribution is 2.17. The van der Waals surface area contributed by atoms with Crippen molar-refractivity contribution in [3.8, 4) is 0 Å². The van der Waals surface area contributed by atoms with Gasteiger partial charge in [0, 0.05) is 43.5 Å². The van der Waals surface area contributed by atoms with Gasteiger partial charge in [-0.1, -0.05) is 12.1 Å². The summed E-state index contributed by atoms with van der Waals surface area (Å²) in [6, 6.07) is 15.4. The van der Waals surface area contributed by atoms with Crippen LogP contribution < -0.4 is 15.5 Å². The van der Waals surface area contributed by atoms with E-state index >= 15 is 0 Å². The van der Waals surface area contributed by atoms with E-state index in [1.807, 2.05) is 6.07 Å². The van der Waals surface area contributed by atoms with Gasteiger partial charge in [-0.15, -0.1) is 0 Å². The Morgan fingerprint density at radius 1 is 1.00 bits per heavy atom. The van der Waals surface area contributed by atoms with Crippen LogP contribution >= 0.6 is 0 Å². The molecule has 0 radical (unpaired) electrons. The number of hydrogen-bond acceptors (Lipinski definition) is 3. The van der Waals surface area contributed by atoms with E-state index < -0.39 is 0 Å². The minimum Gasteiger partial charge on any atom is -0.371 e. The first-order chi connectivity index (χ1) is 12.0. The van der Waals surface area contributed by atoms with Crippen molar-refractivity contribution in [2.75, 3.05) is 28.6 Å². The van der Waals surface area contributed by atoms with Crippen molar-refractivity contribution in [1.29, 1.82) is 0 Å². The lowest BCUT2D eigenvalue weighted by Crippen LogP contribution is -2.27. The summed E-state index contributed by atoms with van der Waals surface area (Å²) >= 11 is 0. The minimum atomic E-state index is -0.118. The van der Waals surface area contributed by atoms with Gasteiger partial charge >= 0.3 is 0 Å². The summed E-state index contributed by atoms with van der Waals surface area (Å²) in [6.45, 7) is 7.12. The molecule has 0 aromatic heterocycles. The van der Waals surface area contributed by atoms with Crippen molar-refractivity contribution in [3.63, 3.8) is 0 Å². The third-order valence-corrected chi connectivity index (χ3v) is 3.85. The number of nitrogens with one attached hydrogen (secondary N) is 2. The summed E-state index contributed by atoms with van der Waals surface area (Å²) in [7, 11) is 0. The molecule has 0 aliphatic rings. The first-order valence-corrected chi connectivity index (χ1v) is 8.47. The maximum atomic E-state index is 12.2. The first-order valence-electron chi connectivity index (χ1n) is 8.47. The summed E-state index contributed by atoms with van der Waals surface area (Å²) in [5.74, 6) is -0.147. The molecule has 2 aromatic carbocycles. The lowest BCUT2D eigenvalue weighted by atomic mass is 10.2. The average Bonchev–Trinajstić information content (AvgIpc) is 2.57. The van der Waals surface area contributed by atoms with Crippen molar-refractivity contribution in [2.24, 2.45) is 0 Å². The van der Waals surface area contributed by atoms with E-state index in [9.17, 15) is 9.59 Å².